The number of hydrogen-bond donors (Lipinski definition) is 1. The van der Waals surface area contributed by atoms with Gasteiger partial charge in [-0.1, -0.05) is 38.8 Å². The first-order valence-electron chi connectivity index (χ1n) is 8.47. The van der Waals surface area contributed by atoms with Crippen LogP contribution in [-0.4, -0.2) is 25.6 Å². The Morgan fingerprint density at radius 2 is 1.88 bits per heavy atom. The number of carbonyl (C=O) groups is 1. The fourth-order valence-corrected chi connectivity index (χ4v) is 4.49. The van der Waals surface area contributed by atoms with Crippen LogP contribution in [0.1, 0.15) is 45.6 Å². The maximum atomic E-state index is 12.9. The van der Waals surface area contributed by atoms with Crippen LogP contribution in [0.3, 0.4) is 0 Å². The summed E-state index contributed by atoms with van der Waals surface area (Å²) in [6, 6.07) is 5.34. The van der Waals surface area contributed by atoms with Gasteiger partial charge in [0.25, 0.3) is 0 Å². The van der Waals surface area contributed by atoms with Gasteiger partial charge in [0.1, 0.15) is 11.1 Å². The van der Waals surface area contributed by atoms with Gasteiger partial charge in [0.15, 0.2) is 9.84 Å². The van der Waals surface area contributed by atoms with E-state index in [4.69, 9.17) is 0 Å². The first-order chi connectivity index (χ1) is 11.2. The molecule has 24 heavy (non-hydrogen) atoms. The van der Waals surface area contributed by atoms with E-state index in [2.05, 4.69) is 19.2 Å². The van der Waals surface area contributed by atoms with E-state index >= 15 is 0 Å². The molecule has 0 aromatic heterocycles. The van der Waals surface area contributed by atoms with Gasteiger partial charge in [-0.2, -0.15) is 0 Å². The number of halogens is 1. The zero-order chi connectivity index (χ0) is 17.9. The predicted molar refractivity (Wildman–Crippen MR) is 92.6 cm³/mol. The van der Waals surface area contributed by atoms with Gasteiger partial charge in [-0.3, -0.25) is 4.79 Å². The molecule has 1 aliphatic rings. The molecular formula is C18H26FNO3S. The molecule has 0 spiro atoms. The van der Waals surface area contributed by atoms with Crippen LogP contribution in [0.5, 0.6) is 0 Å². The van der Waals surface area contributed by atoms with Crippen LogP contribution in [0, 0.1) is 17.7 Å². The molecular weight excluding hydrogens is 329 g/mol. The van der Waals surface area contributed by atoms with E-state index < -0.39 is 26.8 Å². The minimum atomic E-state index is -3.64. The van der Waals surface area contributed by atoms with Gasteiger partial charge in [-0.25, -0.2) is 12.8 Å². The fraction of sp³-hybridized carbons (Fsp3) is 0.611. The largest absolute Gasteiger partial charge is 0.352 e. The van der Waals surface area contributed by atoms with Gasteiger partial charge in [0, 0.05) is 6.04 Å². The highest BCUT2D eigenvalue weighted by Gasteiger charge is 2.33. The quantitative estimate of drug-likeness (QED) is 0.883. The number of amides is 1. The number of carbonyl (C=O) groups excluding carboxylic acids is 1. The average Bonchev–Trinajstić information content (AvgIpc) is 2.53. The van der Waals surface area contributed by atoms with E-state index in [1.807, 2.05) is 0 Å². The molecule has 1 amide bonds. The number of benzene rings is 1. The maximum absolute atomic E-state index is 12.9. The Hall–Kier alpha value is -1.43. The second-order valence-electron chi connectivity index (χ2n) is 6.96. The van der Waals surface area contributed by atoms with Gasteiger partial charge in [-0.15, -0.1) is 0 Å². The Labute approximate surface area is 143 Å². The lowest BCUT2D eigenvalue weighted by molar-refractivity contribution is -0.121. The summed E-state index contributed by atoms with van der Waals surface area (Å²) >= 11 is 0. The van der Waals surface area contributed by atoms with Crippen molar-refractivity contribution in [2.45, 2.75) is 57.1 Å². The zero-order valence-electron chi connectivity index (χ0n) is 14.5. The molecule has 0 aliphatic heterocycles. The zero-order valence-corrected chi connectivity index (χ0v) is 15.3. The summed E-state index contributed by atoms with van der Waals surface area (Å²) in [5.41, 5.74) is 0.482. The second kappa shape index (κ2) is 7.64. The molecule has 0 unspecified atom stereocenters. The molecule has 134 valence electrons. The van der Waals surface area contributed by atoms with Gasteiger partial charge < -0.3 is 5.32 Å². The van der Waals surface area contributed by atoms with Crippen molar-refractivity contribution in [2.24, 2.45) is 11.8 Å². The predicted octanol–water partition coefficient (Wildman–Crippen LogP) is 3.07. The molecule has 1 N–H and O–H groups in total. The number of hydrogen-bond acceptors (Lipinski definition) is 3. The number of rotatable bonds is 5. The second-order valence-corrected chi connectivity index (χ2v) is 9.28. The van der Waals surface area contributed by atoms with Crippen molar-refractivity contribution in [2.75, 3.05) is 0 Å². The molecule has 0 heterocycles. The van der Waals surface area contributed by atoms with Crippen LogP contribution in [0.4, 0.5) is 4.39 Å². The van der Waals surface area contributed by atoms with Crippen LogP contribution >= 0.6 is 0 Å². The van der Waals surface area contributed by atoms with Crippen molar-refractivity contribution in [3.63, 3.8) is 0 Å². The molecule has 4 atom stereocenters. The highest BCUT2D eigenvalue weighted by atomic mass is 32.2. The van der Waals surface area contributed by atoms with E-state index in [1.165, 1.54) is 31.2 Å². The fourth-order valence-electron chi connectivity index (χ4n) is 3.19. The summed E-state index contributed by atoms with van der Waals surface area (Å²) < 4.78 is 37.8. The van der Waals surface area contributed by atoms with Crippen LogP contribution in [0.15, 0.2) is 24.3 Å². The van der Waals surface area contributed by atoms with Gasteiger partial charge in [0.05, 0.1) is 5.75 Å². The molecule has 1 aromatic carbocycles. The SMILES string of the molecule is C[C@H]1[C@H](C)CCC[C@@H]1NC(=O)[C@H](C)S(=O)(=O)Cc1ccc(F)cc1. The molecule has 1 aromatic rings. The molecule has 0 bridgehead atoms. The Balaban J connectivity index is 2.01. The minimum absolute atomic E-state index is 0.0321. The normalized spacial score (nSPS) is 25.9. The Kier molecular flexibility index (Phi) is 6.01. The molecule has 1 fully saturated rings. The maximum Gasteiger partial charge on any atom is 0.238 e. The third kappa shape index (κ3) is 4.56. The van der Waals surface area contributed by atoms with Crippen molar-refractivity contribution >= 4 is 15.7 Å². The molecule has 1 saturated carbocycles. The third-order valence-electron chi connectivity index (χ3n) is 5.22. The number of nitrogens with one attached hydrogen (secondary N) is 1. The van der Waals surface area contributed by atoms with Gasteiger partial charge in [0.2, 0.25) is 5.91 Å². The highest BCUT2D eigenvalue weighted by molar-refractivity contribution is 7.92. The lowest BCUT2D eigenvalue weighted by Gasteiger charge is -2.35. The topological polar surface area (TPSA) is 63.2 Å². The minimum Gasteiger partial charge on any atom is -0.352 e. The van der Waals surface area contributed by atoms with Crippen molar-refractivity contribution < 1.29 is 17.6 Å². The Bertz CT molecular complexity index is 672. The monoisotopic (exact) mass is 355 g/mol. The molecule has 6 heteroatoms. The Morgan fingerprint density at radius 1 is 1.25 bits per heavy atom. The first kappa shape index (κ1) is 18.9. The summed E-state index contributed by atoms with van der Waals surface area (Å²) in [7, 11) is -3.64. The van der Waals surface area contributed by atoms with Crippen molar-refractivity contribution in [3.8, 4) is 0 Å². The van der Waals surface area contributed by atoms with Crippen LogP contribution < -0.4 is 5.32 Å². The van der Waals surface area contributed by atoms with E-state index in [-0.39, 0.29) is 11.8 Å². The molecule has 0 radical (unpaired) electrons. The van der Waals surface area contributed by atoms with E-state index in [9.17, 15) is 17.6 Å². The summed E-state index contributed by atoms with van der Waals surface area (Å²) in [5.74, 6) is -0.256. The molecule has 2 rings (SSSR count). The van der Waals surface area contributed by atoms with Gasteiger partial charge in [-0.05, 0) is 42.9 Å². The van der Waals surface area contributed by atoms with E-state index in [0.717, 1.165) is 19.3 Å². The Morgan fingerprint density at radius 3 is 2.50 bits per heavy atom. The van der Waals surface area contributed by atoms with Crippen molar-refractivity contribution in [1.29, 1.82) is 0 Å². The first-order valence-corrected chi connectivity index (χ1v) is 10.2. The van der Waals surface area contributed by atoms with Crippen molar-refractivity contribution in [1.82, 2.24) is 5.32 Å². The van der Waals surface area contributed by atoms with E-state index in [0.29, 0.717) is 17.4 Å². The highest BCUT2D eigenvalue weighted by Crippen LogP contribution is 2.29. The summed E-state index contributed by atoms with van der Waals surface area (Å²) in [6.45, 7) is 5.69. The lowest BCUT2D eigenvalue weighted by atomic mass is 9.78. The standard InChI is InChI=1S/C18H26FNO3S/c1-12-5-4-6-17(13(12)2)20-18(21)14(3)24(22,23)11-15-7-9-16(19)10-8-15/h7-10,12-14,17H,4-6,11H2,1-3H3,(H,20,21)/t12-,13+,14+,17+/m1/s1. The average molecular weight is 355 g/mol. The molecule has 1 aliphatic carbocycles. The third-order valence-corrected chi connectivity index (χ3v) is 7.25. The van der Waals surface area contributed by atoms with Crippen LogP contribution in [-0.2, 0) is 20.4 Å². The summed E-state index contributed by atoms with van der Waals surface area (Å²) in [6.07, 6.45) is 3.08. The van der Waals surface area contributed by atoms with E-state index in [1.54, 1.807) is 0 Å². The summed E-state index contributed by atoms with van der Waals surface area (Å²) in [4.78, 5) is 12.4. The summed E-state index contributed by atoms with van der Waals surface area (Å²) in [5, 5.41) is 1.80. The van der Waals surface area contributed by atoms with Crippen molar-refractivity contribution in [3.05, 3.63) is 35.6 Å². The van der Waals surface area contributed by atoms with Crippen LogP contribution in [0.25, 0.3) is 0 Å². The number of sulfone groups is 1. The lowest BCUT2D eigenvalue weighted by Crippen LogP contribution is -2.48. The smallest absolute Gasteiger partial charge is 0.238 e. The molecule has 0 saturated heterocycles. The molecule has 4 nitrogen and oxygen atoms in total. The van der Waals surface area contributed by atoms with Crippen LogP contribution in [0.2, 0.25) is 0 Å². The van der Waals surface area contributed by atoms with Gasteiger partial charge >= 0.3 is 0 Å².